The lowest BCUT2D eigenvalue weighted by molar-refractivity contribution is 0.0948. The zero-order valence-electron chi connectivity index (χ0n) is 9.28. The van der Waals surface area contributed by atoms with Gasteiger partial charge < -0.3 is 11.1 Å². The smallest absolute Gasteiger partial charge is 0.254 e. The van der Waals surface area contributed by atoms with Crippen LogP contribution in [0.15, 0.2) is 12.3 Å². The maximum atomic E-state index is 11.9. The van der Waals surface area contributed by atoms with Gasteiger partial charge in [-0.1, -0.05) is 11.6 Å². The lowest BCUT2D eigenvalue weighted by atomic mass is 10.1. The Hall–Kier alpha value is -0.940. The average Bonchev–Trinajstić information content (AvgIpc) is 2.82. The molecule has 2 heterocycles. The van der Waals surface area contributed by atoms with Crippen molar-refractivity contribution in [3.05, 3.63) is 23.0 Å². The van der Waals surface area contributed by atoms with Crippen LogP contribution in [0.1, 0.15) is 16.8 Å². The molecule has 2 rings (SSSR count). The average molecular weight is 272 g/mol. The van der Waals surface area contributed by atoms with Crippen molar-refractivity contribution in [3.63, 3.8) is 0 Å². The highest BCUT2D eigenvalue weighted by atomic mass is 35.5. The van der Waals surface area contributed by atoms with Crippen LogP contribution in [-0.2, 0) is 0 Å². The summed E-state index contributed by atoms with van der Waals surface area (Å²) >= 11 is 7.78. The summed E-state index contributed by atoms with van der Waals surface area (Å²) in [5, 5.41) is 3.07. The van der Waals surface area contributed by atoms with E-state index in [2.05, 4.69) is 10.3 Å². The van der Waals surface area contributed by atoms with Gasteiger partial charge in [0.25, 0.3) is 5.91 Å². The predicted molar refractivity (Wildman–Crippen MR) is 71.4 cm³/mol. The van der Waals surface area contributed by atoms with Crippen molar-refractivity contribution in [2.75, 3.05) is 23.8 Å². The van der Waals surface area contributed by atoms with Gasteiger partial charge in [-0.2, -0.15) is 11.8 Å². The third-order valence-corrected chi connectivity index (χ3v) is 4.21. The molecule has 0 radical (unpaired) electrons. The summed E-state index contributed by atoms with van der Waals surface area (Å²) in [4.78, 5) is 15.7. The first-order valence-corrected chi connectivity index (χ1v) is 6.97. The number of nitrogens with two attached hydrogens (primary N) is 1. The van der Waals surface area contributed by atoms with Gasteiger partial charge >= 0.3 is 0 Å². The highest BCUT2D eigenvalue weighted by Gasteiger charge is 2.18. The molecule has 17 heavy (non-hydrogen) atoms. The number of carbonyl (C=O) groups excluding carboxylic acids is 1. The van der Waals surface area contributed by atoms with Gasteiger partial charge in [-0.05, 0) is 29.9 Å². The largest absolute Gasteiger partial charge is 0.397 e. The molecule has 0 bridgehead atoms. The van der Waals surface area contributed by atoms with E-state index in [1.807, 2.05) is 11.8 Å². The molecule has 1 atom stereocenters. The second-order valence-corrected chi connectivity index (χ2v) is 5.55. The van der Waals surface area contributed by atoms with E-state index >= 15 is 0 Å². The van der Waals surface area contributed by atoms with Crippen molar-refractivity contribution in [2.45, 2.75) is 6.42 Å². The topological polar surface area (TPSA) is 68.0 Å². The van der Waals surface area contributed by atoms with Gasteiger partial charge in [-0.3, -0.25) is 4.79 Å². The van der Waals surface area contributed by atoms with Gasteiger partial charge in [0.2, 0.25) is 0 Å². The number of carbonyl (C=O) groups is 1. The van der Waals surface area contributed by atoms with E-state index in [1.165, 1.54) is 11.9 Å². The third-order valence-electron chi connectivity index (χ3n) is 2.68. The number of amides is 1. The van der Waals surface area contributed by atoms with Crippen molar-refractivity contribution in [2.24, 2.45) is 5.92 Å². The van der Waals surface area contributed by atoms with Crippen LogP contribution >= 0.6 is 23.4 Å². The molecule has 0 aliphatic carbocycles. The standard InChI is InChI=1S/C11H14ClN3OS/c12-10-9(3-8(13)5-14-10)11(16)15-4-7-1-2-17-6-7/h3,5,7H,1-2,4,6,13H2,(H,15,16). The molecule has 4 nitrogen and oxygen atoms in total. The Labute approximate surface area is 109 Å². The summed E-state index contributed by atoms with van der Waals surface area (Å²) in [6.45, 7) is 0.691. The first-order valence-electron chi connectivity index (χ1n) is 5.44. The summed E-state index contributed by atoms with van der Waals surface area (Å²) in [7, 11) is 0. The number of nitrogen functional groups attached to an aromatic ring is 1. The molecule has 6 heteroatoms. The van der Waals surface area contributed by atoms with Gasteiger partial charge in [-0.15, -0.1) is 0 Å². The van der Waals surface area contributed by atoms with Gasteiger partial charge in [0.1, 0.15) is 5.15 Å². The molecule has 1 amide bonds. The normalized spacial score (nSPS) is 19.2. The molecule has 92 valence electrons. The minimum Gasteiger partial charge on any atom is -0.397 e. The Morgan fingerprint density at radius 1 is 1.71 bits per heavy atom. The maximum Gasteiger partial charge on any atom is 0.254 e. The summed E-state index contributed by atoms with van der Waals surface area (Å²) in [6.07, 6.45) is 2.60. The zero-order valence-corrected chi connectivity index (χ0v) is 10.9. The van der Waals surface area contributed by atoms with Gasteiger partial charge in [0.05, 0.1) is 17.4 Å². The summed E-state index contributed by atoms with van der Waals surface area (Å²) in [5.41, 5.74) is 6.36. The van der Waals surface area contributed by atoms with Crippen molar-refractivity contribution < 1.29 is 4.79 Å². The molecule has 1 aromatic heterocycles. The lowest BCUT2D eigenvalue weighted by Crippen LogP contribution is -2.29. The molecule has 1 aromatic rings. The van der Waals surface area contributed by atoms with Gasteiger partial charge in [0, 0.05) is 6.54 Å². The monoisotopic (exact) mass is 271 g/mol. The van der Waals surface area contributed by atoms with E-state index in [0.717, 1.165) is 12.2 Å². The van der Waals surface area contributed by atoms with Crippen molar-refractivity contribution in [1.29, 1.82) is 0 Å². The molecule has 0 spiro atoms. The lowest BCUT2D eigenvalue weighted by Gasteiger charge is -2.10. The molecular formula is C11H14ClN3OS. The van der Waals surface area contributed by atoms with Crippen LogP contribution in [0.3, 0.4) is 0 Å². The van der Waals surface area contributed by atoms with E-state index in [9.17, 15) is 4.79 Å². The number of nitrogens with one attached hydrogen (secondary N) is 1. The quantitative estimate of drug-likeness (QED) is 0.823. The fourth-order valence-electron chi connectivity index (χ4n) is 1.70. The fraction of sp³-hybridized carbons (Fsp3) is 0.455. The van der Waals surface area contributed by atoms with Crippen LogP contribution in [-0.4, -0.2) is 28.9 Å². The Morgan fingerprint density at radius 3 is 3.24 bits per heavy atom. The Balaban J connectivity index is 1.96. The minimum atomic E-state index is -0.202. The van der Waals surface area contributed by atoms with E-state index in [1.54, 1.807) is 6.07 Å². The number of halogens is 1. The number of anilines is 1. The molecule has 0 saturated carbocycles. The van der Waals surface area contributed by atoms with Crippen LogP contribution in [0.5, 0.6) is 0 Å². The number of pyridine rings is 1. The van der Waals surface area contributed by atoms with E-state index in [0.29, 0.717) is 23.7 Å². The molecular weight excluding hydrogens is 258 g/mol. The molecule has 1 aliphatic heterocycles. The summed E-state index contributed by atoms with van der Waals surface area (Å²) < 4.78 is 0. The van der Waals surface area contributed by atoms with Crippen molar-refractivity contribution >= 4 is 35.0 Å². The van der Waals surface area contributed by atoms with Crippen LogP contribution in [0.4, 0.5) is 5.69 Å². The number of hydrogen-bond donors (Lipinski definition) is 2. The molecule has 1 saturated heterocycles. The first kappa shape index (κ1) is 12.5. The van der Waals surface area contributed by atoms with Crippen LogP contribution in [0, 0.1) is 5.92 Å². The molecule has 1 unspecified atom stereocenters. The summed E-state index contributed by atoms with van der Waals surface area (Å²) in [5.74, 6) is 2.66. The predicted octanol–water partition coefficient (Wildman–Crippen LogP) is 1.80. The minimum absolute atomic E-state index is 0.192. The number of nitrogens with zero attached hydrogens (tertiary/aromatic N) is 1. The zero-order chi connectivity index (χ0) is 12.3. The fourth-order valence-corrected chi connectivity index (χ4v) is 3.17. The Kier molecular flexibility index (Phi) is 4.12. The number of rotatable bonds is 3. The second kappa shape index (κ2) is 5.60. The maximum absolute atomic E-state index is 11.9. The Bertz CT molecular complexity index is 421. The van der Waals surface area contributed by atoms with Gasteiger partial charge in [-0.25, -0.2) is 4.98 Å². The van der Waals surface area contributed by atoms with Crippen molar-refractivity contribution in [1.82, 2.24) is 10.3 Å². The van der Waals surface area contributed by atoms with Crippen LogP contribution in [0.25, 0.3) is 0 Å². The van der Waals surface area contributed by atoms with E-state index in [-0.39, 0.29) is 11.1 Å². The van der Waals surface area contributed by atoms with E-state index in [4.69, 9.17) is 17.3 Å². The Morgan fingerprint density at radius 2 is 2.53 bits per heavy atom. The van der Waals surface area contributed by atoms with Crippen molar-refractivity contribution in [3.8, 4) is 0 Å². The summed E-state index contributed by atoms with van der Waals surface area (Å²) in [6, 6.07) is 1.55. The highest BCUT2D eigenvalue weighted by Crippen LogP contribution is 2.23. The molecule has 1 fully saturated rings. The van der Waals surface area contributed by atoms with Gasteiger partial charge in [0.15, 0.2) is 0 Å². The van der Waals surface area contributed by atoms with Crippen LogP contribution in [0.2, 0.25) is 5.15 Å². The number of hydrogen-bond acceptors (Lipinski definition) is 4. The second-order valence-electron chi connectivity index (χ2n) is 4.05. The first-order chi connectivity index (χ1) is 8.16. The number of thioether (sulfide) groups is 1. The van der Waals surface area contributed by atoms with Crippen LogP contribution < -0.4 is 11.1 Å². The molecule has 0 aromatic carbocycles. The van der Waals surface area contributed by atoms with E-state index < -0.39 is 0 Å². The third kappa shape index (κ3) is 3.26. The number of aromatic nitrogens is 1. The molecule has 3 N–H and O–H groups in total. The SMILES string of the molecule is Nc1cnc(Cl)c(C(=O)NCC2CCSC2)c1. The highest BCUT2D eigenvalue weighted by molar-refractivity contribution is 7.99. The molecule has 1 aliphatic rings.